The quantitative estimate of drug-likeness (QED) is 0.745. The third-order valence-electron chi connectivity index (χ3n) is 5.39. The van der Waals surface area contributed by atoms with E-state index in [9.17, 15) is 0 Å². The standard InChI is InChI=1S/C19H30N2/c1-6-18(15(2)3)21(5)17-9-11-19(4,12-10-17)16-8-7-13-20-14-16/h6-8,13-15,17-18H,1,9-12H2,2-5H3. The number of aromatic nitrogens is 1. The first kappa shape index (κ1) is 16.2. The highest BCUT2D eigenvalue weighted by Gasteiger charge is 2.35. The fourth-order valence-electron chi connectivity index (χ4n) is 3.81. The van der Waals surface area contributed by atoms with Crippen LogP contribution in [0.4, 0.5) is 0 Å². The second-order valence-electron chi connectivity index (χ2n) is 7.17. The van der Waals surface area contributed by atoms with E-state index in [1.54, 1.807) is 0 Å². The molecule has 0 saturated heterocycles. The summed E-state index contributed by atoms with van der Waals surface area (Å²) in [7, 11) is 2.27. The fourth-order valence-corrected chi connectivity index (χ4v) is 3.81. The van der Waals surface area contributed by atoms with Gasteiger partial charge in [0.15, 0.2) is 0 Å². The lowest BCUT2D eigenvalue weighted by Crippen LogP contribution is -2.45. The van der Waals surface area contributed by atoms with E-state index in [2.05, 4.69) is 62.5 Å². The van der Waals surface area contributed by atoms with Crippen molar-refractivity contribution in [3.63, 3.8) is 0 Å². The fraction of sp³-hybridized carbons (Fsp3) is 0.632. The summed E-state index contributed by atoms with van der Waals surface area (Å²) in [5.74, 6) is 0.624. The third-order valence-corrected chi connectivity index (χ3v) is 5.39. The van der Waals surface area contributed by atoms with E-state index in [1.165, 1.54) is 31.2 Å². The Bertz CT molecular complexity index is 444. The molecule has 0 spiro atoms. The first-order valence-electron chi connectivity index (χ1n) is 8.23. The smallest absolute Gasteiger partial charge is 0.0305 e. The van der Waals surface area contributed by atoms with E-state index in [0.29, 0.717) is 23.4 Å². The summed E-state index contributed by atoms with van der Waals surface area (Å²) < 4.78 is 0. The van der Waals surface area contributed by atoms with E-state index < -0.39 is 0 Å². The lowest BCUT2D eigenvalue weighted by Gasteiger charge is -2.43. The molecule has 0 N–H and O–H groups in total. The first-order valence-corrected chi connectivity index (χ1v) is 8.23. The number of likely N-dealkylation sites (N-methyl/N-ethyl adjacent to an activating group) is 1. The minimum Gasteiger partial charge on any atom is -0.297 e. The van der Waals surface area contributed by atoms with Gasteiger partial charge in [-0.25, -0.2) is 0 Å². The molecule has 21 heavy (non-hydrogen) atoms. The van der Waals surface area contributed by atoms with E-state index in [0.717, 1.165) is 0 Å². The molecule has 1 aliphatic carbocycles. The molecule has 0 amide bonds. The van der Waals surface area contributed by atoms with Crippen molar-refractivity contribution in [3.05, 3.63) is 42.7 Å². The van der Waals surface area contributed by atoms with Crippen molar-refractivity contribution in [3.8, 4) is 0 Å². The Morgan fingerprint density at radius 1 is 1.38 bits per heavy atom. The molecule has 1 atom stereocenters. The van der Waals surface area contributed by atoms with Crippen molar-refractivity contribution in [2.75, 3.05) is 7.05 Å². The van der Waals surface area contributed by atoms with Gasteiger partial charge in [-0.3, -0.25) is 9.88 Å². The monoisotopic (exact) mass is 286 g/mol. The number of rotatable bonds is 5. The normalized spacial score (nSPS) is 27.8. The Morgan fingerprint density at radius 2 is 2.05 bits per heavy atom. The zero-order chi connectivity index (χ0) is 15.5. The summed E-state index contributed by atoms with van der Waals surface area (Å²) in [5, 5.41) is 0. The van der Waals surface area contributed by atoms with E-state index >= 15 is 0 Å². The van der Waals surface area contributed by atoms with E-state index in [-0.39, 0.29) is 0 Å². The Labute approximate surface area is 130 Å². The average molecular weight is 286 g/mol. The molecule has 2 rings (SSSR count). The van der Waals surface area contributed by atoms with Crippen LogP contribution in [0.15, 0.2) is 37.2 Å². The average Bonchev–Trinajstić information content (AvgIpc) is 2.49. The molecule has 0 radical (unpaired) electrons. The van der Waals surface area contributed by atoms with Crippen LogP contribution in [-0.4, -0.2) is 29.0 Å². The minimum atomic E-state index is 0.299. The van der Waals surface area contributed by atoms with Crippen molar-refractivity contribution < 1.29 is 0 Å². The zero-order valence-corrected chi connectivity index (χ0v) is 14.0. The summed E-state index contributed by atoms with van der Waals surface area (Å²) in [6.45, 7) is 11.0. The summed E-state index contributed by atoms with van der Waals surface area (Å²) >= 11 is 0. The van der Waals surface area contributed by atoms with Crippen LogP contribution in [0.1, 0.15) is 52.0 Å². The summed E-state index contributed by atoms with van der Waals surface area (Å²) in [6, 6.07) is 5.46. The number of hydrogen-bond acceptors (Lipinski definition) is 2. The zero-order valence-electron chi connectivity index (χ0n) is 14.0. The van der Waals surface area contributed by atoms with Gasteiger partial charge in [0.25, 0.3) is 0 Å². The van der Waals surface area contributed by atoms with Crippen LogP contribution in [-0.2, 0) is 5.41 Å². The maximum atomic E-state index is 4.30. The van der Waals surface area contributed by atoms with E-state index in [1.807, 2.05) is 12.4 Å². The molecule has 1 aliphatic rings. The second-order valence-corrected chi connectivity index (χ2v) is 7.17. The summed E-state index contributed by atoms with van der Waals surface area (Å²) in [6.07, 6.45) is 11.0. The molecular formula is C19H30N2. The molecule has 0 bridgehead atoms. The molecule has 1 saturated carbocycles. The molecule has 116 valence electrons. The largest absolute Gasteiger partial charge is 0.297 e. The van der Waals surface area contributed by atoms with Crippen LogP contribution in [0, 0.1) is 5.92 Å². The third kappa shape index (κ3) is 3.55. The van der Waals surface area contributed by atoms with Gasteiger partial charge in [-0.05, 0) is 55.7 Å². The molecule has 1 heterocycles. The highest BCUT2D eigenvalue weighted by molar-refractivity contribution is 5.21. The van der Waals surface area contributed by atoms with Gasteiger partial charge in [-0.15, -0.1) is 6.58 Å². The van der Waals surface area contributed by atoms with Crippen LogP contribution in [0.25, 0.3) is 0 Å². The predicted molar refractivity (Wildman–Crippen MR) is 90.4 cm³/mol. The van der Waals surface area contributed by atoms with Crippen molar-refractivity contribution >= 4 is 0 Å². The lowest BCUT2D eigenvalue weighted by atomic mass is 9.69. The van der Waals surface area contributed by atoms with Gasteiger partial charge >= 0.3 is 0 Å². The van der Waals surface area contributed by atoms with Crippen LogP contribution >= 0.6 is 0 Å². The minimum absolute atomic E-state index is 0.299. The topological polar surface area (TPSA) is 16.1 Å². The Morgan fingerprint density at radius 3 is 2.52 bits per heavy atom. The van der Waals surface area contributed by atoms with Gasteiger partial charge in [0, 0.05) is 24.5 Å². The van der Waals surface area contributed by atoms with Crippen molar-refractivity contribution in [1.82, 2.24) is 9.88 Å². The van der Waals surface area contributed by atoms with E-state index in [4.69, 9.17) is 0 Å². The molecule has 0 aliphatic heterocycles. The summed E-state index contributed by atoms with van der Waals surface area (Å²) in [5.41, 5.74) is 1.70. The molecule has 1 aromatic rings. The lowest BCUT2D eigenvalue weighted by molar-refractivity contribution is 0.112. The second kappa shape index (κ2) is 6.74. The van der Waals surface area contributed by atoms with Crippen molar-refractivity contribution in [2.24, 2.45) is 5.92 Å². The van der Waals surface area contributed by atoms with Gasteiger partial charge in [-0.2, -0.15) is 0 Å². The van der Waals surface area contributed by atoms with Gasteiger partial charge < -0.3 is 0 Å². The van der Waals surface area contributed by atoms with Crippen LogP contribution in [0.5, 0.6) is 0 Å². The Kier molecular flexibility index (Phi) is 5.21. The van der Waals surface area contributed by atoms with Crippen LogP contribution in [0.3, 0.4) is 0 Å². The molecular weight excluding hydrogens is 256 g/mol. The Hall–Kier alpha value is -1.15. The Balaban J connectivity index is 2.01. The summed E-state index contributed by atoms with van der Waals surface area (Å²) in [4.78, 5) is 6.84. The SMILES string of the molecule is C=CC(C(C)C)N(C)C1CCC(C)(c2cccnc2)CC1. The first-order chi connectivity index (χ1) is 9.98. The molecule has 2 heteroatoms. The van der Waals surface area contributed by atoms with Gasteiger partial charge in [-0.1, -0.05) is 32.9 Å². The molecule has 0 aromatic carbocycles. The van der Waals surface area contributed by atoms with Crippen molar-refractivity contribution in [1.29, 1.82) is 0 Å². The molecule has 1 aromatic heterocycles. The van der Waals surface area contributed by atoms with Gasteiger partial charge in [0.05, 0.1) is 0 Å². The van der Waals surface area contributed by atoms with Crippen molar-refractivity contribution in [2.45, 2.75) is 64.0 Å². The van der Waals surface area contributed by atoms with Crippen LogP contribution in [0.2, 0.25) is 0 Å². The number of hydrogen-bond donors (Lipinski definition) is 0. The predicted octanol–water partition coefficient (Wildman–Crippen LogP) is 4.42. The van der Waals surface area contributed by atoms with Crippen LogP contribution < -0.4 is 0 Å². The molecule has 1 fully saturated rings. The number of nitrogens with zero attached hydrogens (tertiary/aromatic N) is 2. The number of pyridine rings is 1. The highest BCUT2D eigenvalue weighted by atomic mass is 15.2. The molecule has 2 nitrogen and oxygen atoms in total. The highest BCUT2D eigenvalue weighted by Crippen LogP contribution is 2.40. The maximum Gasteiger partial charge on any atom is 0.0305 e. The molecule has 1 unspecified atom stereocenters. The van der Waals surface area contributed by atoms with Gasteiger partial charge in [0.2, 0.25) is 0 Å². The van der Waals surface area contributed by atoms with Gasteiger partial charge in [0.1, 0.15) is 0 Å². The maximum absolute atomic E-state index is 4.30.